The molecule has 1 aliphatic rings. The van der Waals surface area contributed by atoms with E-state index in [1.807, 2.05) is 0 Å². The number of fused-ring (bicyclic) bond motifs is 3. The van der Waals surface area contributed by atoms with E-state index in [1.165, 1.54) is 22.0 Å². The van der Waals surface area contributed by atoms with Gasteiger partial charge in [0.05, 0.1) is 0 Å². The highest BCUT2D eigenvalue weighted by Crippen LogP contribution is 2.47. The molecule has 1 nitrogen and oxygen atoms in total. The van der Waals surface area contributed by atoms with Gasteiger partial charge in [-0.25, -0.2) is 0 Å². The highest BCUT2D eigenvalue weighted by Gasteiger charge is 2.41. The van der Waals surface area contributed by atoms with Crippen LogP contribution < -0.4 is 4.90 Å². The minimum absolute atomic E-state index is 0.213. The summed E-state index contributed by atoms with van der Waals surface area (Å²) in [5.74, 6) is 0. The highest BCUT2D eigenvalue weighted by molar-refractivity contribution is 5.93. The van der Waals surface area contributed by atoms with Crippen LogP contribution in [0.25, 0.3) is 10.8 Å². The van der Waals surface area contributed by atoms with Crippen molar-refractivity contribution in [1.29, 1.82) is 0 Å². The van der Waals surface area contributed by atoms with Gasteiger partial charge in [-0.1, -0.05) is 44.2 Å². The minimum Gasteiger partial charge on any atom is -0.371 e. The largest absolute Gasteiger partial charge is 0.371 e. The van der Waals surface area contributed by atoms with Crippen LogP contribution in [0.2, 0.25) is 0 Å². The Morgan fingerprint density at radius 2 is 1.76 bits per heavy atom. The molecular formula is C16H19N. The zero-order valence-corrected chi connectivity index (χ0v) is 11.0. The van der Waals surface area contributed by atoms with Crippen LogP contribution in [0.4, 0.5) is 5.69 Å². The third-order valence-corrected chi connectivity index (χ3v) is 4.56. The summed E-state index contributed by atoms with van der Waals surface area (Å²) >= 11 is 0. The van der Waals surface area contributed by atoms with Crippen LogP contribution in [0.1, 0.15) is 26.3 Å². The van der Waals surface area contributed by atoms with Crippen molar-refractivity contribution in [2.24, 2.45) is 0 Å². The maximum absolute atomic E-state index is 2.40. The molecule has 0 bridgehead atoms. The van der Waals surface area contributed by atoms with Gasteiger partial charge in [0.15, 0.2) is 0 Å². The molecule has 0 fully saturated rings. The molecule has 0 amide bonds. The Hall–Kier alpha value is -1.50. The molecule has 0 saturated heterocycles. The molecular weight excluding hydrogens is 206 g/mol. The van der Waals surface area contributed by atoms with Crippen LogP contribution in [-0.2, 0) is 5.41 Å². The molecule has 1 atom stereocenters. The summed E-state index contributed by atoms with van der Waals surface area (Å²) in [6, 6.07) is 13.8. The summed E-state index contributed by atoms with van der Waals surface area (Å²) in [5.41, 5.74) is 3.11. The molecule has 88 valence electrons. The van der Waals surface area contributed by atoms with Crippen molar-refractivity contribution >= 4 is 16.5 Å². The number of rotatable bonds is 0. The predicted molar refractivity (Wildman–Crippen MR) is 74.8 cm³/mol. The fraction of sp³-hybridized carbons (Fsp3) is 0.375. The summed E-state index contributed by atoms with van der Waals surface area (Å²) in [6.45, 7) is 7.02. The second kappa shape index (κ2) is 3.25. The quantitative estimate of drug-likeness (QED) is 0.656. The fourth-order valence-corrected chi connectivity index (χ4v) is 3.13. The van der Waals surface area contributed by atoms with E-state index in [-0.39, 0.29) is 5.41 Å². The van der Waals surface area contributed by atoms with Crippen LogP contribution in [0.15, 0.2) is 36.4 Å². The van der Waals surface area contributed by atoms with E-state index in [1.54, 1.807) is 0 Å². The van der Waals surface area contributed by atoms with Crippen LogP contribution in [0, 0.1) is 0 Å². The Labute approximate surface area is 103 Å². The minimum atomic E-state index is 0.213. The van der Waals surface area contributed by atoms with Gasteiger partial charge in [0.25, 0.3) is 0 Å². The Morgan fingerprint density at radius 3 is 2.53 bits per heavy atom. The van der Waals surface area contributed by atoms with Gasteiger partial charge in [-0.2, -0.15) is 0 Å². The molecule has 1 aliphatic heterocycles. The maximum atomic E-state index is 2.40. The first kappa shape index (κ1) is 10.6. The zero-order chi connectivity index (χ0) is 12.2. The molecule has 0 spiro atoms. The Balaban J connectivity index is 2.42. The van der Waals surface area contributed by atoms with Crippen LogP contribution in [0.3, 0.4) is 0 Å². The lowest BCUT2D eigenvalue weighted by molar-refractivity contribution is 0.457. The van der Waals surface area contributed by atoms with E-state index in [4.69, 9.17) is 0 Å². The second-order valence-corrected chi connectivity index (χ2v) is 5.69. The van der Waals surface area contributed by atoms with Gasteiger partial charge in [-0.15, -0.1) is 0 Å². The maximum Gasteiger partial charge on any atom is 0.0411 e. The number of benzene rings is 2. The lowest BCUT2D eigenvalue weighted by atomic mass is 9.79. The molecule has 0 aliphatic carbocycles. The van der Waals surface area contributed by atoms with Crippen molar-refractivity contribution in [1.82, 2.24) is 0 Å². The third kappa shape index (κ3) is 1.25. The first-order valence-corrected chi connectivity index (χ1v) is 6.28. The zero-order valence-electron chi connectivity index (χ0n) is 11.0. The number of anilines is 1. The van der Waals surface area contributed by atoms with Crippen LogP contribution in [-0.4, -0.2) is 13.1 Å². The molecule has 0 N–H and O–H groups in total. The van der Waals surface area contributed by atoms with E-state index in [0.717, 1.165) is 0 Å². The molecule has 1 heteroatoms. The Bertz CT molecular complexity index is 583. The molecule has 2 aromatic carbocycles. The number of nitrogens with zero attached hydrogens (tertiary/aromatic N) is 1. The molecule has 17 heavy (non-hydrogen) atoms. The van der Waals surface area contributed by atoms with E-state index in [0.29, 0.717) is 6.04 Å². The van der Waals surface area contributed by atoms with Crippen molar-refractivity contribution in [2.45, 2.75) is 32.2 Å². The molecule has 0 aromatic heterocycles. The van der Waals surface area contributed by atoms with Gasteiger partial charge >= 0.3 is 0 Å². The number of likely N-dealkylation sites (N-methyl/N-ethyl adjacent to an activating group) is 1. The van der Waals surface area contributed by atoms with Crippen molar-refractivity contribution in [2.75, 3.05) is 11.9 Å². The first-order valence-electron chi connectivity index (χ1n) is 6.28. The lowest BCUT2D eigenvalue weighted by Gasteiger charge is -2.28. The molecule has 0 radical (unpaired) electrons. The smallest absolute Gasteiger partial charge is 0.0411 e. The van der Waals surface area contributed by atoms with Crippen molar-refractivity contribution < 1.29 is 0 Å². The third-order valence-electron chi connectivity index (χ3n) is 4.56. The number of hydrogen-bond donors (Lipinski definition) is 0. The summed E-state index contributed by atoms with van der Waals surface area (Å²) < 4.78 is 0. The van der Waals surface area contributed by atoms with Crippen molar-refractivity contribution in [3.8, 4) is 0 Å². The van der Waals surface area contributed by atoms with E-state index in [2.05, 4.69) is 69.1 Å². The van der Waals surface area contributed by atoms with Crippen molar-refractivity contribution in [3.05, 3.63) is 42.0 Å². The first-order chi connectivity index (χ1) is 8.03. The summed E-state index contributed by atoms with van der Waals surface area (Å²) in [7, 11) is 2.20. The monoisotopic (exact) mass is 225 g/mol. The second-order valence-electron chi connectivity index (χ2n) is 5.69. The highest BCUT2D eigenvalue weighted by atomic mass is 15.2. The predicted octanol–water partition coefficient (Wildman–Crippen LogP) is 3.96. The molecule has 3 rings (SSSR count). The summed E-state index contributed by atoms with van der Waals surface area (Å²) in [6.07, 6.45) is 0. The SMILES string of the molecule is CC1N(C)c2ccc3ccccc3c2C1(C)C. The average Bonchev–Trinajstić information content (AvgIpc) is 2.51. The topological polar surface area (TPSA) is 3.24 Å². The normalized spacial score (nSPS) is 21.9. The fourth-order valence-electron chi connectivity index (χ4n) is 3.13. The van der Waals surface area contributed by atoms with E-state index < -0.39 is 0 Å². The van der Waals surface area contributed by atoms with Gasteiger partial charge in [-0.3, -0.25) is 0 Å². The molecule has 2 aromatic rings. The Morgan fingerprint density at radius 1 is 1.06 bits per heavy atom. The van der Waals surface area contributed by atoms with E-state index >= 15 is 0 Å². The van der Waals surface area contributed by atoms with Gasteiger partial charge in [0, 0.05) is 24.2 Å². The van der Waals surface area contributed by atoms with Crippen molar-refractivity contribution in [3.63, 3.8) is 0 Å². The molecule has 1 heterocycles. The van der Waals surface area contributed by atoms with Gasteiger partial charge in [0.1, 0.15) is 0 Å². The van der Waals surface area contributed by atoms with Gasteiger partial charge in [0.2, 0.25) is 0 Å². The lowest BCUT2D eigenvalue weighted by Crippen LogP contribution is -2.36. The van der Waals surface area contributed by atoms with Gasteiger partial charge < -0.3 is 4.90 Å². The van der Waals surface area contributed by atoms with Crippen LogP contribution >= 0.6 is 0 Å². The molecule has 0 saturated carbocycles. The van der Waals surface area contributed by atoms with Crippen LogP contribution in [0.5, 0.6) is 0 Å². The molecule has 1 unspecified atom stereocenters. The number of hydrogen-bond acceptors (Lipinski definition) is 1. The Kier molecular flexibility index (Phi) is 2.04. The summed E-state index contributed by atoms with van der Waals surface area (Å²) in [4.78, 5) is 2.40. The summed E-state index contributed by atoms with van der Waals surface area (Å²) in [5, 5.41) is 2.76. The average molecular weight is 225 g/mol. The van der Waals surface area contributed by atoms with E-state index in [9.17, 15) is 0 Å². The van der Waals surface area contributed by atoms with Gasteiger partial charge in [-0.05, 0) is 29.3 Å². The standard InChI is InChI=1S/C16H19N/c1-11-16(2,3)15-13-8-6-5-7-12(13)9-10-14(15)17(11)4/h5-11H,1-4H3.